The minimum absolute atomic E-state index is 0.243. The van der Waals surface area contributed by atoms with Crippen LogP contribution in [-0.4, -0.2) is 28.6 Å². The maximum absolute atomic E-state index is 12.6. The summed E-state index contributed by atoms with van der Waals surface area (Å²) in [5.41, 5.74) is 7.86. The second kappa shape index (κ2) is 8.52. The van der Waals surface area contributed by atoms with Crippen LogP contribution < -0.4 is 11.1 Å². The normalized spacial score (nSPS) is 13.7. The number of nitrogens with zero attached hydrogens (tertiary/aromatic N) is 3. The van der Waals surface area contributed by atoms with Crippen molar-refractivity contribution in [2.45, 2.75) is 29.4 Å². The molecule has 0 amide bonds. The smallest absolute Gasteiger partial charge is 0.181 e. The van der Waals surface area contributed by atoms with Crippen molar-refractivity contribution in [3.05, 3.63) is 78.4 Å². The molecule has 1 aromatic carbocycles. The maximum atomic E-state index is 12.6. The van der Waals surface area contributed by atoms with Crippen LogP contribution >= 0.6 is 0 Å². The number of rotatable bonds is 4. The number of benzene rings is 1. The topological polar surface area (TPSA) is 111 Å². The van der Waals surface area contributed by atoms with E-state index in [0.29, 0.717) is 27.8 Å². The van der Waals surface area contributed by atoms with Crippen molar-refractivity contribution >= 4 is 37.9 Å². The van der Waals surface area contributed by atoms with Crippen molar-refractivity contribution in [3.63, 3.8) is 0 Å². The molecule has 3 aromatic heterocycles. The molecular weight excluding hydrogens is 434 g/mol. The Bertz CT molecular complexity index is 1500. The third-order valence-corrected chi connectivity index (χ3v) is 8.03. The molecule has 0 bridgehead atoms. The monoisotopic (exact) mass is 455 g/mol. The summed E-state index contributed by atoms with van der Waals surface area (Å²) >= 11 is 0. The number of aromatic nitrogens is 3. The highest BCUT2D eigenvalue weighted by Gasteiger charge is 2.32. The maximum Gasteiger partial charge on any atom is 0.181 e. The Morgan fingerprint density at radius 2 is 1.79 bits per heavy atom. The second-order valence-corrected chi connectivity index (χ2v) is 10.1. The van der Waals surface area contributed by atoms with Crippen LogP contribution in [0, 0.1) is 11.8 Å². The van der Waals surface area contributed by atoms with Crippen molar-refractivity contribution in [3.8, 4) is 11.8 Å². The first-order chi connectivity index (χ1) is 16.0. The Labute approximate surface area is 192 Å². The highest BCUT2D eigenvalue weighted by atomic mass is 32.2. The van der Waals surface area contributed by atoms with E-state index in [0.717, 1.165) is 35.7 Å². The van der Waals surface area contributed by atoms with E-state index in [-0.39, 0.29) is 5.25 Å². The molecule has 1 fully saturated rings. The van der Waals surface area contributed by atoms with E-state index >= 15 is 0 Å². The lowest BCUT2D eigenvalue weighted by Crippen LogP contribution is -2.28. The van der Waals surface area contributed by atoms with E-state index in [4.69, 9.17) is 5.73 Å². The van der Waals surface area contributed by atoms with Gasteiger partial charge in [-0.25, -0.2) is 23.4 Å². The van der Waals surface area contributed by atoms with Crippen molar-refractivity contribution < 1.29 is 8.42 Å². The van der Waals surface area contributed by atoms with Crippen LogP contribution in [0.4, 0.5) is 17.3 Å². The molecule has 1 aliphatic rings. The average Bonchev–Trinajstić information content (AvgIpc) is 2.77. The predicted molar refractivity (Wildman–Crippen MR) is 129 cm³/mol. The van der Waals surface area contributed by atoms with Gasteiger partial charge in [-0.15, -0.1) is 0 Å². The molecule has 0 spiro atoms. The number of fused-ring (bicyclic) bond motifs is 1. The van der Waals surface area contributed by atoms with Crippen LogP contribution in [0.5, 0.6) is 0 Å². The lowest BCUT2D eigenvalue weighted by molar-refractivity contribution is 0.477. The van der Waals surface area contributed by atoms with E-state index < -0.39 is 9.84 Å². The van der Waals surface area contributed by atoms with Gasteiger partial charge in [0, 0.05) is 35.1 Å². The van der Waals surface area contributed by atoms with Gasteiger partial charge in [-0.3, -0.25) is 0 Å². The third-order valence-electron chi connectivity index (χ3n) is 5.75. The van der Waals surface area contributed by atoms with Gasteiger partial charge in [0.1, 0.15) is 17.3 Å². The number of pyridine rings is 3. The number of nitrogen functional groups attached to an aromatic ring is 1. The standard InChI is InChI=1S/C25H21N5O2S/c26-25-17(3-2-13-28-25)6-11-23-22-15-24(29-16-18(22)12-14-27-23)30-19-7-9-21(10-8-19)33(31,32)20-4-1-5-20/h2-3,7-10,12-16,20H,1,4-5H2,(H2,26,28)(H,29,30). The fourth-order valence-electron chi connectivity index (χ4n) is 3.63. The average molecular weight is 456 g/mol. The van der Waals surface area contributed by atoms with Crippen LogP contribution in [-0.2, 0) is 9.84 Å². The number of nitrogens with one attached hydrogen (secondary N) is 1. The van der Waals surface area contributed by atoms with Crippen molar-refractivity contribution in [2.75, 3.05) is 11.1 Å². The summed E-state index contributed by atoms with van der Waals surface area (Å²) in [6.45, 7) is 0. The molecule has 7 nitrogen and oxygen atoms in total. The molecule has 3 heterocycles. The summed E-state index contributed by atoms with van der Waals surface area (Å²) in [6.07, 6.45) is 7.53. The minimum atomic E-state index is -3.24. The molecule has 5 rings (SSSR count). The van der Waals surface area contributed by atoms with Crippen LogP contribution in [0.2, 0.25) is 0 Å². The molecule has 8 heteroatoms. The number of nitrogens with two attached hydrogens (primary N) is 1. The van der Waals surface area contributed by atoms with Gasteiger partial charge in [-0.2, -0.15) is 0 Å². The van der Waals surface area contributed by atoms with Crippen molar-refractivity contribution in [1.82, 2.24) is 15.0 Å². The van der Waals surface area contributed by atoms with E-state index in [1.165, 1.54) is 0 Å². The summed E-state index contributed by atoms with van der Waals surface area (Å²) in [4.78, 5) is 13.3. The zero-order valence-electron chi connectivity index (χ0n) is 17.7. The van der Waals surface area contributed by atoms with Crippen LogP contribution in [0.15, 0.2) is 72.0 Å². The SMILES string of the molecule is Nc1ncccc1C#Cc1nccc2cnc(Nc3ccc(S(=O)(=O)C4CCC4)cc3)cc12. The van der Waals surface area contributed by atoms with Gasteiger partial charge < -0.3 is 11.1 Å². The number of anilines is 3. The Hall–Kier alpha value is -3.96. The molecule has 1 aliphatic carbocycles. The van der Waals surface area contributed by atoms with E-state index in [1.54, 1.807) is 48.9 Å². The van der Waals surface area contributed by atoms with Crippen molar-refractivity contribution in [2.24, 2.45) is 0 Å². The molecule has 3 N–H and O–H groups in total. The molecule has 0 unspecified atom stereocenters. The quantitative estimate of drug-likeness (QED) is 0.446. The number of hydrogen-bond donors (Lipinski definition) is 2. The minimum Gasteiger partial charge on any atom is -0.383 e. The number of hydrogen-bond acceptors (Lipinski definition) is 7. The highest BCUT2D eigenvalue weighted by Crippen LogP contribution is 2.31. The van der Waals surface area contributed by atoms with Gasteiger partial charge in [-0.05, 0) is 67.3 Å². The Kier molecular flexibility index (Phi) is 5.40. The zero-order chi connectivity index (χ0) is 22.8. The molecule has 4 aromatic rings. The third kappa shape index (κ3) is 4.23. The summed E-state index contributed by atoms with van der Waals surface area (Å²) < 4.78 is 25.2. The lowest BCUT2D eigenvalue weighted by Gasteiger charge is -2.25. The number of sulfone groups is 1. The Morgan fingerprint density at radius 3 is 2.52 bits per heavy atom. The summed E-state index contributed by atoms with van der Waals surface area (Å²) in [5.74, 6) is 7.09. The molecule has 0 saturated heterocycles. The van der Waals surface area contributed by atoms with Crippen LogP contribution in [0.1, 0.15) is 30.5 Å². The fourth-order valence-corrected chi connectivity index (χ4v) is 5.49. The van der Waals surface area contributed by atoms with Gasteiger partial charge in [0.05, 0.1) is 15.7 Å². The van der Waals surface area contributed by atoms with Crippen LogP contribution in [0.3, 0.4) is 0 Å². The highest BCUT2D eigenvalue weighted by molar-refractivity contribution is 7.92. The largest absolute Gasteiger partial charge is 0.383 e. The summed E-state index contributed by atoms with van der Waals surface area (Å²) in [7, 11) is -3.24. The summed E-state index contributed by atoms with van der Waals surface area (Å²) in [5, 5.41) is 4.73. The van der Waals surface area contributed by atoms with Gasteiger partial charge in [0.25, 0.3) is 0 Å². The first kappa shape index (κ1) is 20.9. The molecule has 33 heavy (non-hydrogen) atoms. The van der Waals surface area contributed by atoms with E-state index in [1.807, 2.05) is 18.2 Å². The fraction of sp³-hybridized carbons (Fsp3) is 0.160. The molecule has 0 aliphatic heterocycles. The molecular formula is C25H21N5O2S. The van der Waals surface area contributed by atoms with Gasteiger partial charge in [0.2, 0.25) is 0 Å². The molecule has 0 radical (unpaired) electrons. The van der Waals surface area contributed by atoms with E-state index in [2.05, 4.69) is 32.1 Å². The Balaban J connectivity index is 1.42. The molecule has 1 saturated carbocycles. The first-order valence-electron chi connectivity index (χ1n) is 10.6. The predicted octanol–water partition coefficient (Wildman–Crippen LogP) is 4.08. The first-order valence-corrected chi connectivity index (χ1v) is 12.1. The molecule has 164 valence electrons. The van der Waals surface area contributed by atoms with Gasteiger partial charge in [-0.1, -0.05) is 12.3 Å². The zero-order valence-corrected chi connectivity index (χ0v) is 18.5. The van der Waals surface area contributed by atoms with Crippen molar-refractivity contribution in [1.29, 1.82) is 0 Å². The van der Waals surface area contributed by atoms with Gasteiger partial charge in [0.15, 0.2) is 9.84 Å². The second-order valence-electron chi connectivity index (χ2n) is 7.88. The summed E-state index contributed by atoms with van der Waals surface area (Å²) in [6, 6.07) is 14.1. The lowest BCUT2D eigenvalue weighted by atomic mass is 10.00. The molecule has 0 atom stereocenters. The van der Waals surface area contributed by atoms with Crippen LogP contribution in [0.25, 0.3) is 10.8 Å². The Morgan fingerprint density at radius 1 is 0.970 bits per heavy atom. The van der Waals surface area contributed by atoms with Gasteiger partial charge >= 0.3 is 0 Å². The van der Waals surface area contributed by atoms with E-state index in [9.17, 15) is 8.42 Å².